The summed E-state index contributed by atoms with van der Waals surface area (Å²) in [5.41, 5.74) is -0.0155. The van der Waals surface area contributed by atoms with Crippen molar-refractivity contribution in [3.05, 3.63) is 32.8 Å². The molecule has 0 atom stereocenters. The number of hydrogen-bond donors (Lipinski definition) is 0. The molecule has 0 aromatic carbocycles. The lowest BCUT2D eigenvalue weighted by molar-refractivity contribution is -0.119. The number of nitrogens with zero attached hydrogens (tertiary/aromatic N) is 3. The van der Waals surface area contributed by atoms with E-state index in [0.29, 0.717) is 23.1 Å². The molecule has 1 aliphatic rings. The van der Waals surface area contributed by atoms with Crippen molar-refractivity contribution in [3.8, 4) is 5.75 Å². The Hall–Kier alpha value is -2.42. The van der Waals surface area contributed by atoms with Gasteiger partial charge in [0.25, 0.3) is 0 Å². The lowest BCUT2D eigenvalue weighted by atomic mass is 10.1. The highest BCUT2D eigenvalue weighted by atomic mass is 79.9. The average Bonchev–Trinajstić information content (AvgIpc) is 2.69. The first-order valence-electron chi connectivity index (χ1n) is 9.25. The van der Waals surface area contributed by atoms with Gasteiger partial charge in [0.05, 0.1) is 19.4 Å². The van der Waals surface area contributed by atoms with Gasteiger partial charge < -0.3 is 14.4 Å². The summed E-state index contributed by atoms with van der Waals surface area (Å²) in [4.78, 5) is 43.8. The smallest absolute Gasteiger partial charge is 0.360 e. The number of methoxy groups -OCH3 is 1. The Morgan fingerprint density at radius 1 is 1.32 bits per heavy atom. The number of pyridine rings is 1. The van der Waals surface area contributed by atoms with Crippen molar-refractivity contribution in [1.82, 2.24) is 9.38 Å². The highest BCUT2D eigenvalue weighted by Crippen LogP contribution is 2.29. The highest BCUT2D eigenvalue weighted by Gasteiger charge is 2.27. The molecule has 0 N–H and O–H groups in total. The van der Waals surface area contributed by atoms with Gasteiger partial charge in [0.2, 0.25) is 11.7 Å². The number of carbonyl (C=O) groups excluding carboxylic acids is 2. The van der Waals surface area contributed by atoms with E-state index in [0.717, 1.165) is 25.7 Å². The Bertz CT molecular complexity index is 972. The number of aromatic nitrogens is 2. The summed E-state index contributed by atoms with van der Waals surface area (Å²) < 4.78 is 12.3. The molecule has 0 unspecified atom stereocenters. The second-order valence-electron chi connectivity index (χ2n) is 6.53. The van der Waals surface area contributed by atoms with Crippen LogP contribution in [0.15, 0.2) is 21.5 Å². The molecule has 9 heteroatoms. The van der Waals surface area contributed by atoms with E-state index in [-0.39, 0.29) is 29.6 Å². The van der Waals surface area contributed by atoms with E-state index in [1.807, 2.05) is 6.92 Å². The normalized spacial score (nSPS) is 14.4. The average molecular weight is 452 g/mol. The number of unbranched alkanes of at least 4 members (excludes halogenated alkanes) is 1. The van der Waals surface area contributed by atoms with Gasteiger partial charge in [-0.1, -0.05) is 13.3 Å². The number of amides is 1. The predicted octanol–water partition coefficient (Wildman–Crippen LogP) is 2.94. The zero-order valence-corrected chi connectivity index (χ0v) is 17.5. The first-order chi connectivity index (χ1) is 13.5. The molecule has 0 saturated carbocycles. The topological polar surface area (TPSA) is 90.2 Å². The number of halogens is 1. The van der Waals surface area contributed by atoms with Crippen molar-refractivity contribution in [3.63, 3.8) is 0 Å². The summed E-state index contributed by atoms with van der Waals surface area (Å²) in [6.45, 7) is 2.81. The summed E-state index contributed by atoms with van der Waals surface area (Å²) >= 11 is 3.40. The van der Waals surface area contributed by atoms with Gasteiger partial charge in [-0.05, 0) is 41.3 Å². The van der Waals surface area contributed by atoms with Crippen LogP contribution in [0.4, 0.5) is 5.69 Å². The zero-order valence-electron chi connectivity index (χ0n) is 15.9. The molecule has 1 saturated heterocycles. The van der Waals surface area contributed by atoms with Crippen LogP contribution in [-0.4, -0.2) is 41.5 Å². The summed E-state index contributed by atoms with van der Waals surface area (Å²) in [7, 11) is 1.22. The van der Waals surface area contributed by atoms with Crippen molar-refractivity contribution < 1.29 is 19.1 Å². The molecule has 1 aliphatic heterocycles. The van der Waals surface area contributed by atoms with E-state index in [1.165, 1.54) is 11.5 Å². The van der Waals surface area contributed by atoms with E-state index in [4.69, 9.17) is 9.47 Å². The number of fused-ring (bicyclic) bond motifs is 1. The number of anilines is 1. The Morgan fingerprint density at radius 3 is 2.79 bits per heavy atom. The van der Waals surface area contributed by atoms with Crippen LogP contribution in [0, 0.1) is 0 Å². The number of rotatable bonds is 6. The molecule has 2 aromatic rings. The van der Waals surface area contributed by atoms with E-state index < -0.39 is 11.5 Å². The maximum Gasteiger partial charge on any atom is 0.360 e. The standard InChI is InChI=1S/C19H22BrN3O5/c1-3-4-9-28-16-15(19(26)27-2)21-17-13(22-8-6-5-7-14(22)24)10-12(20)11-23(17)18(16)25/h10-11H,3-9H2,1-2H3. The molecule has 3 rings (SSSR count). The third-order valence-electron chi connectivity index (χ3n) is 4.57. The van der Waals surface area contributed by atoms with Gasteiger partial charge in [-0.15, -0.1) is 0 Å². The van der Waals surface area contributed by atoms with Crippen LogP contribution in [0.3, 0.4) is 0 Å². The number of carbonyl (C=O) groups is 2. The summed E-state index contributed by atoms with van der Waals surface area (Å²) in [5, 5.41) is 0. The number of hydrogen-bond acceptors (Lipinski definition) is 6. The predicted molar refractivity (Wildman–Crippen MR) is 107 cm³/mol. The minimum atomic E-state index is -0.759. The fraction of sp³-hybridized carbons (Fsp3) is 0.474. The van der Waals surface area contributed by atoms with E-state index in [9.17, 15) is 14.4 Å². The Labute approximate surface area is 170 Å². The number of esters is 1. The van der Waals surface area contributed by atoms with Gasteiger partial charge in [-0.25, -0.2) is 9.78 Å². The van der Waals surface area contributed by atoms with Gasteiger partial charge in [0.15, 0.2) is 11.3 Å². The van der Waals surface area contributed by atoms with Gasteiger partial charge in [-0.3, -0.25) is 14.0 Å². The zero-order chi connectivity index (χ0) is 20.3. The third-order valence-corrected chi connectivity index (χ3v) is 5.00. The van der Waals surface area contributed by atoms with Crippen LogP contribution < -0.4 is 15.2 Å². The van der Waals surface area contributed by atoms with Gasteiger partial charge in [-0.2, -0.15) is 0 Å². The van der Waals surface area contributed by atoms with Crippen LogP contribution in [0.25, 0.3) is 5.65 Å². The molecule has 1 fully saturated rings. The molecule has 0 spiro atoms. The van der Waals surface area contributed by atoms with Gasteiger partial charge in [0.1, 0.15) is 0 Å². The monoisotopic (exact) mass is 451 g/mol. The Morgan fingerprint density at radius 2 is 2.11 bits per heavy atom. The number of piperidine rings is 1. The quantitative estimate of drug-likeness (QED) is 0.495. The van der Waals surface area contributed by atoms with Crippen LogP contribution in [0.2, 0.25) is 0 Å². The largest absolute Gasteiger partial charge is 0.486 e. The van der Waals surface area contributed by atoms with E-state index >= 15 is 0 Å². The second-order valence-corrected chi connectivity index (χ2v) is 7.44. The van der Waals surface area contributed by atoms with Crippen molar-refractivity contribution in [2.75, 3.05) is 25.2 Å². The lowest BCUT2D eigenvalue weighted by Crippen LogP contribution is -2.36. The first-order valence-corrected chi connectivity index (χ1v) is 10.0. The fourth-order valence-corrected chi connectivity index (χ4v) is 3.54. The summed E-state index contributed by atoms with van der Waals surface area (Å²) in [6, 6.07) is 1.73. The molecule has 0 bridgehead atoms. The molecule has 28 heavy (non-hydrogen) atoms. The lowest BCUT2D eigenvalue weighted by Gasteiger charge is -2.27. The van der Waals surface area contributed by atoms with Crippen LogP contribution >= 0.6 is 15.9 Å². The van der Waals surface area contributed by atoms with E-state index in [1.54, 1.807) is 17.2 Å². The van der Waals surface area contributed by atoms with Crippen LogP contribution in [0.5, 0.6) is 5.75 Å². The van der Waals surface area contributed by atoms with Crippen LogP contribution in [-0.2, 0) is 9.53 Å². The molecule has 0 aliphatic carbocycles. The third kappa shape index (κ3) is 3.89. The Kier molecular flexibility index (Phi) is 6.33. The molecular weight excluding hydrogens is 430 g/mol. The molecule has 3 heterocycles. The molecule has 2 aromatic heterocycles. The van der Waals surface area contributed by atoms with Crippen LogP contribution in [0.1, 0.15) is 49.5 Å². The second kappa shape index (κ2) is 8.72. The first kappa shape index (κ1) is 20.3. The van der Waals surface area contributed by atoms with Gasteiger partial charge >= 0.3 is 11.5 Å². The molecule has 8 nitrogen and oxygen atoms in total. The van der Waals surface area contributed by atoms with Crippen molar-refractivity contribution in [1.29, 1.82) is 0 Å². The maximum absolute atomic E-state index is 13.1. The molecule has 0 radical (unpaired) electrons. The minimum Gasteiger partial charge on any atom is -0.486 e. The SMILES string of the molecule is CCCCOc1c(C(=O)OC)nc2c(N3CCCCC3=O)cc(Br)cn2c1=O. The van der Waals surface area contributed by atoms with Crippen molar-refractivity contribution >= 4 is 39.1 Å². The molecule has 1 amide bonds. The fourth-order valence-electron chi connectivity index (χ4n) is 3.12. The number of ether oxygens (including phenoxy) is 2. The molecule has 150 valence electrons. The summed E-state index contributed by atoms with van der Waals surface area (Å²) in [6.07, 6.45) is 5.28. The van der Waals surface area contributed by atoms with Gasteiger partial charge in [0, 0.05) is 23.6 Å². The van der Waals surface area contributed by atoms with E-state index in [2.05, 4.69) is 20.9 Å². The highest BCUT2D eigenvalue weighted by molar-refractivity contribution is 9.10. The Balaban J connectivity index is 2.24. The maximum atomic E-state index is 13.1. The summed E-state index contributed by atoms with van der Waals surface area (Å²) in [5.74, 6) is -0.944. The van der Waals surface area contributed by atoms with Crippen molar-refractivity contribution in [2.45, 2.75) is 39.0 Å². The van der Waals surface area contributed by atoms with Crippen molar-refractivity contribution in [2.24, 2.45) is 0 Å². The minimum absolute atomic E-state index is 0.0385. The molecular formula is C19H22BrN3O5.